The molecule has 0 spiro atoms. The molecule has 1 aliphatic rings. The molecule has 1 aliphatic heterocycles. The molecule has 6 heteroatoms. The van der Waals surface area contributed by atoms with Crippen LogP contribution < -0.4 is 4.90 Å². The molecule has 0 radical (unpaired) electrons. The zero-order valence-electron chi connectivity index (χ0n) is 14.0. The van der Waals surface area contributed by atoms with E-state index in [1.165, 1.54) is 5.56 Å². The Morgan fingerprint density at radius 3 is 2.68 bits per heavy atom. The van der Waals surface area contributed by atoms with Crippen LogP contribution in [0.25, 0.3) is 11.4 Å². The third-order valence-corrected chi connectivity index (χ3v) is 4.60. The van der Waals surface area contributed by atoms with E-state index >= 15 is 0 Å². The van der Waals surface area contributed by atoms with Gasteiger partial charge < -0.3 is 9.47 Å². The van der Waals surface area contributed by atoms with Gasteiger partial charge in [-0.2, -0.15) is 0 Å². The molecule has 2 aromatic heterocycles. The summed E-state index contributed by atoms with van der Waals surface area (Å²) in [5, 5.41) is 2.82. The third kappa shape index (κ3) is 3.21. The van der Waals surface area contributed by atoms with E-state index in [9.17, 15) is 0 Å². The van der Waals surface area contributed by atoms with Gasteiger partial charge in [0.05, 0.1) is 11.4 Å². The molecule has 0 saturated carbocycles. The van der Waals surface area contributed by atoms with Gasteiger partial charge in [-0.25, -0.2) is 4.98 Å². The smallest absolute Gasteiger partial charge is 0.239 e. The van der Waals surface area contributed by atoms with Gasteiger partial charge in [-0.15, -0.1) is 11.3 Å². The van der Waals surface area contributed by atoms with Crippen molar-refractivity contribution < 1.29 is 9.47 Å². The van der Waals surface area contributed by atoms with E-state index in [1.807, 2.05) is 47.5 Å². The Morgan fingerprint density at radius 2 is 1.92 bits per heavy atom. The van der Waals surface area contributed by atoms with Gasteiger partial charge in [0.15, 0.2) is 5.13 Å². The Kier molecular flexibility index (Phi) is 4.11. The molecule has 0 amide bonds. The van der Waals surface area contributed by atoms with Crippen molar-refractivity contribution in [2.45, 2.75) is 13.8 Å². The van der Waals surface area contributed by atoms with Crippen molar-refractivity contribution in [3.8, 4) is 11.4 Å². The minimum absolute atomic E-state index is 0.218. The van der Waals surface area contributed by atoms with E-state index in [4.69, 9.17) is 14.5 Å². The summed E-state index contributed by atoms with van der Waals surface area (Å²) in [6.07, 6.45) is 1.62. The fraction of sp³-hybridized carbons (Fsp3) is 0.158. The van der Waals surface area contributed by atoms with Crippen LogP contribution in [0.2, 0.25) is 0 Å². The van der Waals surface area contributed by atoms with Crippen molar-refractivity contribution in [1.29, 1.82) is 0 Å². The van der Waals surface area contributed by atoms with Gasteiger partial charge >= 0.3 is 0 Å². The number of hydrogen-bond donors (Lipinski definition) is 0. The summed E-state index contributed by atoms with van der Waals surface area (Å²) >= 11 is 1.54. The fourth-order valence-electron chi connectivity index (χ4n) is 2.62. The molecule has 126 valence electrons. The average Bonchev–Trinajstić information content (AvgIpc) is 3.28. The lowest BCUT2D eigenvalue weighted by Crippen LogP contribution is -2.16. The zero-order valence-corrected chi connectivity index (χ0v) is 14.8. The maximum Gasteiger partial charge on any atom is 0.239 e. The molecule has 0 N–H and O–H groups in total. The predicted octanol–water partition coefficient (Wildman–Crippen LogP) is 4.76. The number of hydrogen-bond acceptors (Lipinski definition) is 6. The van der Waals surface area contributed by atoms with Crippen LogP contribution in [0.3, 0.4) is 0 Å². The second-order valence-electron chi connectivity index (χ2n) is 5.74. The van der Waals surface area contributed by atoms with Crippen molar-refractivity contribution in [2.24, 2.45) is 0 Å². The summed E-state index contributed by atoms with van der Waals surface area (Å²) in [5.41, 5.74) is 4.83. The molecule has 0 saturated heterocycles. The molecule has 0 bridgehead atoms. The van der Waals surface area contributed by atoms with E-state index in [0.717, 1.165) is 27.9 Å². The van der Waals surface area contributed by atoms with E-state index in [1.54, 1.807) is 17.6 Å². The van der Waals surface area contributed by atoms with E-state index in [0.29, 0.717) is 5.88 Å². The van der Waals surface area contributed by atoms with Crippen LogP contribution in [0, 0.1) is 13.8 Å². The van der Waals surface area contributed by atoms with Gasteiger partial charge in [0.1, 0.15) is 12.0 Å². The molecular formula is C19H17N3O2S. The molecule has 5 nitrogen and oxygen atoms in total. The maximum absolute atomic E-state index is 5.61. The van der Waals surface area contributed by atoms with E-state index in [2.05, 4.69) is 24.0 Å². The van der Waals surface area contributed by atoms with Crippen molar-refractivity contribution in [1.82, 2.24) is 9.97 Å². The Labute approximate surface area is 150 Å². The molecule has 0 atom stereocenters. The fourth-order valence-corrected chi connectivity index (χ4v) is 3.46. The number of ether oxygens (including phenoxy) is 2. The highest BCUT2D eigenvalue weighted by molar-refractivity contribution is 7.14. The van der Waals surface area contributed by atoms with Gasteiger partial charge in [0.2, 0.25) is 12.7 Å². The van der Waals surface area contributed by atoms with Crippen LogP contribution >= 0.6 is 11.3 Å². The molecule has 0 fully saturated rings. The van der Waals surface area contributed by atoms with Crippen LogP contribution in [0.5, 0.6) is 0 Å². The minimum Gasteiger partial charge on any atom is -0.459 e. The Hall–Kier alpha value is -2.86. The van der Waals surface area contributed by atoms with Crippen molar-refractivity contribution >= 4 is 22.2 Å². The van der Waals surface area contributed by atoms with Gasteiger partial charge in [-0.3, -0.25) is 9.88 Å². The first-order valence-corrected chi connectivity index (χ1v) is 8.79. The molecule has 0 aliphatic carbocycles. The lowest BCUT2D eigenvalue weighted by atomic mass is 10.2. The number of rotatable bonds is 4. The normalized spacial score (nSPS) is 13.1. The number of nitrogens with zero attached hydrogens (tertiary/aromatic N) is 3. The lowest BCUT2D eigenvalue weighted by molar-refractivity contribution is 0.0798. The van der Waals surface area contributed by atoms with Crippen LogP contribution in [0.1, 0.15) is 11.3 Å². The van der Waals surface area contributed by atoms with E-state index in [-0.39, 0.29) is 6.79 Å². The van der Waals surface area contributed by atoms with Crippen molar-refractivity contribution in [3.63, 3.8) is 0 Å². The summed E-state index contributed by atoms with van der Waals surface area (Å²) in [6, 6.07) is 14.1. The highest BCUT2D eigenvalue weighted by Gasteiger charge is 2.23. The number of anilines is 2. The Morgan fingerprint density at radius 1 is 1.04 bits per heavy atom. The summed E-state index contributed by atoms with van der Waals surface area (Å²) in [7, 11) is 0. The molecule has 3 aromatic rings. The number of aromatic nitrogens is 2. The number of benzene rings is 1. The first kappa shape index (κ1) is 15.7. The summed E-state index contributed by atoms with van der Waals surface area (Å²) in [4.78, 5) is 11.3. The van der Waals surface area contributed by atoms with Gasteiger partial charge in [-0.1, -0.05) is 18.2 Å². The largest absolute Gasteiger partial charge is 0.459 e. The molecule has 25 heavy (non-hydrogen) atoms. The van der Waals surface area contributed by atoms with Crippen molar-refractivity contribution in [3.05, 3.63) is 71.2 Å². The highest BCUT2D eigenvalue weighted by atomic mass is 32.1. The molecule has 0 unspecified atom stereocenters. The van der Waals surface area contributed by atoms with Gasteiger partial charge in [0.25, 0.3) is 0 Å². The molecular weight excluding hydrogens is 334 g/mol. The molecule has 4 rings (SSSR count). The second kappa shape index (κ2) is 6.57. The van der Waals surface area contributed by atoms with Crippen LogP contribution in [-0.2, 0) is 9.47 Å². The lowest BCUT2D eigenvalue weighted by Gasteiger charge is -2.21. The van der Waals surface area contributed by atoms with E-state index < -0.39 is 0 Å². The zero-order chi connectivity index (χ0) is 17.2. The third-order valence-electron chi connectivity index (χ3n) is 3.77. The molecule has 3 heterocycles. The first-order chi connectivity index (χ1) is 12.2. The SMILES string of the molecule is Cc1cccc(N(C2=COCO2)c2nc(-c3cccc(C)n3)cs2)c1. The summed E-state index contributed by atoms with van der Waals surface area (Å²) < 4.78 is 10.9. The van der Waals surface area contributed by atoms with Crippen LogP contribution in [0.4, 0.5) is 10.8 Å². The number of aryl methyl sites for hydroxylation is 2. The Balaban J connectivity index is 1.76. The predicted molar refractivity (Wildman–Crippen MR) is 98.5 cm³/mol. The number of pyridine rings is 1. The summed E-state index contributed by atoms with van der Waals surface area (Å²) in [5.74, 6) is 0.628. The summed E-state index contributed by atoms with van der Waals surface area (Å²) in [6.45, 7) is 4.26. The number of thiazole rings is 1. The maximum atomic E-state index is 5.61. The first-order valence-electron chi connectivity index (χ1n) is 7.91. The average molecular weight is 351 g/mol. The van der Waals surface area contributed by atoms with Crippen molar-refractivity contribution in [2.75, 3.05) is 11.7 Å². The van der Waals surface area contributed by atoms with Crippen LogP contribution in [-0.4, -0.2) is 16.8 Å². The monoisotopic (exact) mass is 351 g/mol. The standard InChI is InChI=1S/C19H17N3O2S/c1-13-5-3-7-15(9-13)22(18-10-23-12-24-18)19-21-17(11-25-19)16-8-4-6-14(2)20-16/h3-11H,12H2,1-2H3. The highest BCUT2D eigenvalue weighted by Crippen LogP contribution is 2.36. The topological polar surface area (TPSA) is 47.5 Å². The quantitative estimate of drug-likeness (QED) is 0.678. The van der Waals surface area contributed by atoms with Gasteiger partial charge in [0, 0.05) is 11.1 Å². The van der Waals surface area contributed by atoms with Gasteiger partial charge in [-0.05, 0) is 43.7 Å². The molecule has 1 aromatic carbocycles. The minimum atomic E-state index is 0.218. The van der Waals surface area contributed by atoms with Crippen LogP contribution in [0.15, 0.2) is 60.0 Å². The second-order valence-corrected chi connectivity index (χ2v) is 6.58. The Bertz CT molecular complexity index is 936.